The van der Waals surface area contributed by atoms with Crippen molar-refractivity contribution in [3.63, 3.8) is 0 Å². The predicted molar refractivity (Wildman–Crippen MR) is 59.0 cm³/mol. The van der Waals surface area contributed by atoms with E-state index in [0.29, 0.717) is 0 Å². The summed E-state index contributed by atoms with van der Waals surface area (Å²) in [4.78, 5) is 27.3. The van der Waals surface area contributed by atoms with Gasteiger partial charge in [-0.1, -0.05) is 0 Å². The molecule has 8 heteroatoms. The molecule has 0 N–H and O–H groups in total. The molecule has 0 saturated carbocycles. The smallest absolute Gasteiger partial charge is 0.262 e. The first-order valence-corrected chi connectivity index (χ1v) is 6.97. The lowest BCUT2D eigenvalue weighted by molar-refractivity contribution is -0.121. The quantitative estimate of drug-likeness (QED) is 0.584. The molecule has 2 rings (SSSR count). The summed E-state index contributed by atoms with van der Waals surface area (Å²) in [6.45, 7) is 0. The number of imide groups is 1. The summed E-state index contributed by atoms with van der Waals surface area (Å²) in [5.41, 5.74) is 0. The molecule has 1 saturated heterocycles. The van der Waals surface area contributed by atoms with Crippen LogP contribution in [0.25, 0.3) is 0 Å². The molecule has 1 fully saturated rings. The molecule has 90 valence electrons. The van der Waals surface area contributed by atoms with E-state index in [4.69, 9.17) is 10.7 Å². The molecule has 0 aliphatic carbocycles. The Hall–Kier alpha value is -1.47. The number of carbonyl (C=O) groups is 2. The standard InChI is InChI=1S/C9H7ClN2O4S/c10-17(15,16)6-1-2-7(11-5-6)12-8(13)3-4-9(12)14/h1-2,5H,3-4H2. The van der Waals surface area contributed by atoms with E-state index in [-0.39, 0.29) is 35.4 Å². The van der Waals surface area contributed by atoms with Crippen LogP contribution in [0.4, 0.5) is 5.82 Å². The molecule has 6 nitrogen and oxygen atoms in total. The summed E-state index contributed by atoms with van der Waals surface area (Å²) in [6, 6.07) is 2.47. The maximum atomic E-state index is 11.4. The molecule has 0 bridgehead atoms. The molecule has 0 spiro atoms. The summed E-state index contributed by atoms with van der Waals surface area (Å²) in [6.07, 6.45) is 1.31. The second-order valence-corrected chi connectivity index (χ2v) is 5.98. The van der Waals surface area contributed by atoms with Crippen LogP contribution in [-0.4, -0.2) is 25.2 Å². The van der Waals surface area contributed by atoms with E-state index in [9.17, 15) is 18.0 Å². The SMILES string of the molecule is O=C1CCC(=O)N1c1ccc(S(=O)(=O)Cl)cn1. The highest BCUT2D eigenvalue weighted by Crippen LogP contribution is 2.22. The molecule has 1 aromatic rings. The molecule has 1 aliphatic rings. The van der Waals surface area contributed by atoms with Crippen molar-refractivity contribution in [2.24, 2.45) is 0 Å². The van der Waals surface area contributed by atoms with Crippen LogP contribution in [0, 0.1) is 0 Å². The van der Waals surface area contributed by atoms with Gasteiger partial charge in [0.25, 0.3) is 9.05 Å². The number of rotatable bonds is 2. The normalized spacial score (nSPS) is 16.6. The fourth-order valence-corrected chi connectivity index (χ4v) is 2.16. The summed E-state index contributed by atoms with van der Waals surface area (Å²) < 4.78 is 21.9. The van der Waals surface area contributed by atoms with E-state index >= 15 is 0 Å². The van der Waals surface area contributed by atoms with Crippen LogP contribution >= 0.6 is 10.7 Å². The Labute approximate surface area is 102 Å². The molecule has 0 atom stereocenters. The Morgan fingerprint density at radius 2 is 1.76 bits per heavy atom. The zero-order valence-electron chi connectivity index (χ0n) is 8.46. The zero-order chi connectivity index (χ0) is 12.6. The van der Waals surface area contributed by atoms with Gasteiger partial charge in [-0.05, 0) is 12.1 Å². The van der Waals surface area contributed by atoms with Crippen molar-refractivity contribution in [1.29, 1.82) is 0 Å². The number of aromatic nitrogens is 1. The van der Waals surface area contributed by atoms with Crippen LogP contribution in [-0.2, 0) is 18.6 Å². The van der Waals surface area contributed by atoms with Crippen molar-refractivity contribution in [2.45, 2.75) is 17.7 Å². The number of hydrogen-bond acceptors (Lipinski definition) is 5. The topological polar surface area (TPSA) is 84.4 Å². The Bertz CT molecular complexity index is 566. The Morgan fingerprint density at radius 3 is 2.18 bits per heavy atom. The predicted octanol–water partition coefficient (Wildman–Crippen LogP) is 0.662. The third kappa shape index (κ3) is 2.29. The van der Waals surface area contributed by atoms with Gasteiger partial charge in [0.1, 0.15) is 10.7 Å². The zero-order valence-corrected chi connectivity index (χ0v) is 10.0. The van der Waals surface area contributed by atoms with Gasteiger partial charge < -0.3 is 0 Å². The van der Waals surface area contributed by atoms with Gasteiger partial charge in [-0.15, -0.1) is 0 Å². The Balaban J connectivity index is 2.36. The lowest BCUT2D eigenvalue weighted by Crippen LogP contribution is -2.29. The van der Waals surface area contributed by atoms with E-state index < -0.39 is 9.05 Å². The molecule has 0 unspecified atom stereocenters. The molecule has 1 aliphatic heterocycles. The minimum atomic E-state index is -3.85. The van der Waals surface area contributed by atoms with Gasteiger partial charge in [-0.2, -0.15) is 0 Å². The number of halogens is 1. The van der Waals surface area contributed by atoms with E-state index in [1.54, 1.807) is 0 Å². The average molecular weight is 275 g/mol. The van der Waals surface area contributed by atoms with Gasteiger partial charge in [-0.25, -0.2) is 18.3 Å². The summed E-state index contributed by atoms with van der Waals surface area (Å²) in [5, 5.41) is 0. The maximum absolute atomic E-state index is 11.4. The third-order valence-electron chi connectivity index (χ3n) is 2.28. The van der Waals surface area contributed by atoms with Crippen molar-refractivity contribution in [1.82, 2.24) is 4.98 Å². The van der Waals surface area contributed by atoms with E-state index in [1.807, 2.05) is 0 Å². The van der Waals surface area contributed by atoms with Crippen LogP contribution in [0.2, 0.25) is 0 Å². The van der Waals surface area contributed by atoms with Crippen molar-refractivity contribution in [3.8, 4) is 0 Å². The molecule has 1 aromatic heterocycles. The van der Waals surface area contributed by atoms with Crippen molar-refractivity contribution < 1.29 is 18.0 Å². The monoisotopic (exact) mass is 274 g/mol. The Morgan fingerprint density at radius 1 is 1.18 bits per heavy atom. The first-order chi connectivity index (χ1) is 7.89. The second-order valence-electron chi connectivity index (χ2n) is 3.41. The number of nitrogens with zero attached hydrogens (tertiary/aromatic N) is 2. The molecule has 2 amide bonds. The van der Waals surface area contributed by atoms with Crippen LogP contribution in [0.3, 0.4) is 0 Å². The molecular formula is C9H7ClN2O4S. The number of amides is 2. The van der Waals surface area contributed by atoms with Gasteiger partial charge in [0.2, 0.25) is 11.8 Å². The largest absolute Gasteiger partial charge is 0.274 e. The minimum Gasteiger partial charge on any atom is -0.274 e. The van der Waals surface area contributed by atoms with E-state index in [2.05, 4.69) is 4.98 Å². The van der Waals surface area contributed by atoms with E-state index in [0.717, 1.165) is 11.1 Å². The third-order valence-corrected chi connectivity index (χ3v) is 3.62. The summed E-state index contributed by atoms with van der Waals surface area (Å²) in [5.74, 6) is -0.575. The summed E-state index contributed by atoms with van der Waals surface area (Å²) in [7, 11) is 1.26. The molecular weight excluding hydrogens is 268 g/mol. The number of hydrogen-bond donors (Lipinski definition) is 0. The lowest BCUT2D eigenvalue weighted by atomic mass is 10.4. The first-order valence-electron chi connectivity index (χ1n) is 4.66. The van der Waals surface area contributed by atoms with Crippen molar-refractivity contribution in [3.05, 3.63) is 18.3 Å². The first kappa shape index (κ1) is 12.0. The van der Waals surface area contributed by atoms with Gasteiger partial charge in [-0.3, -0.25) is 9.59 Å². The second kappa shape index (κ2) is 4.08. The Kier molecular flexibility index (Phi) is 2.88. The van der Waals surface area contributed by atoms with Crippen LogP contribution in [0.1, 0.15) is 12.8 Å². The van der Waals surface area contributed by atoms with Gasteiger partial charge >= 0.3 is 0 Å². The van der Waals surface area contributed by atoms with Crippen LogP contribution in [0.5, 0.6) is 0 Å². The van der Waals surface area contributed by atoms with Gasteiger partial charge in [0.05, 0.1) is 0 Å². The fraction of sp³-hybridized carbons (Fsp3) is 0.222. The fourth-order valence-electron chi connectivity index (χ4n) is 1.48. The maximum Gasteiger partial charge on any atom is 0.262 e. The highest BCUT2D eigenvalue weighted by molar-refractivity contribution is 8.13. The van der Waals surface area contributed by atoms with Crippen molar-refractivity contribution >= 4 is 37.4 Å². The molecule has 0 aromatic carbocycles. The lowest BCUT2D eigenvalue weighted by Gasteiger charge is -2.12. The van der Waals surface area contributed by atoms with Crippen LogP contribution < -0.4 is 4.90 Å². The molecule has 17 heavy (non-hydrogen) atoms. The summed E-state index contributed by atoms with van der Waals surface area (Å²) >= 11 is 0. The number of anilines is 1. The minimum absolute atomic E-state index is 0.113. The molecule has 0 radical (unpaired) electrons. The highest BCUT2D eigenvalue weighted by atomic mass is 35.7. The van der Waals surface area contributed by atoms with Crippen molar-refractivity contribution in [2.75, 3.05) is 4.90 Å². The average Bonchev–Trinajstić information content (AvgIpc) is 2.58. The highest BCUT2D eigenvalue weighted by Gasteiger charge is 2.31. The number of pyridine rings is 1. The van der Waals surface area contributed by atoms with E-state index in [1.165, 1.54) is 12.1 Å². The van der Waals surface area contributed by atoms with Gasteiger partial charge in [0, 0.05) is 29.7 Å². The molecule has 2 heterocycles. The van der Waals surface area contributed by atoms with Crippen LogP contribution in [0.15, 0.2) is 23.2 Å². The van der Waals surface area contributed by atoms with Gasteiger partial charge in [0.15, 0.2) is 0 Å². The number of carbonyl (C=O) groups excluding carboxylic acids is 2.